The van der Waals surface area contributed by atoms with Crippen molar-refractivity contribution in [3.63, 3.8) is 0 Å². The molecule has 1 aromatic heterocycles. The molecule has 0 fully saturated rings. The van der Waals surface area contributed by atoms with Crippen LogP contribution in [0.15, 0.2) is 18.2 Å². The highest BCUT2D eigenvalue weighted by molar-refractivity contribution is 5.97. The van der Waals surface area contributed by atoms with Gasteiger partial charge in [-0.15, -0.1) is 0 Å². The highest BCUT2D eigenvalue weighted by atomic mass is 16.5. The second-order valence-electron chi connectivity index (χ2n) is 4.36. The van der Waals surface area contributed by atoms with Crippen LogP contribution in [0.25, 0.3) is 10.9 Å². The molecule has 4 nitrogen and oxygen atoms in total. The zero-order valence-corrected chi connectivity index (χ0v) is 11.1. The second kappa shape index (κ2) is 5.23. The third kappa shape index (κ3) is 2.11. The number of methoxy groups -OCH3 is 1. The largest absolute Gasteiger partial charge is 0.494 e. The van der Waals surface area contributed by atoms with Crippen molar-refractivity contribution < 1.29 is 4.74 Å². The van der Waals surface area contributed by atoms with Crippen molar-refractivity contribution in [2.75, 3.05) is 12.5 Å². The summed E-state index contributed by atoms with van der Waals surface area (Å²) >= 11 is 0. The van der Waals surface area contributed by atoms with Crippen LogP contribution in [-0.4, -0.2) is 12.1 Å². The monoisotopic (exact) mass is 245 g/mol. The van der Waals surface area contributed by atoms with Crippen LogP contribution in [0.5, 0.6) is 5.75 Å². The fraction of sp³-hybridized carbons (Fsp3) is 0.357. The Morgan fingerprint density at radius 2 is 2.17 bits per heavy atom. The number of hydrazine groups is 1. The van der Waals surface area contributed by atoms with E-state index in [0.717, 1.165) is 46.4 Å². The lowest BCUT2D eigenvalue weighted by Gasteiger charge is -2.13. The molecule has 0 saturated carbocycles. The topological polar surface area (TPSA) is 60.2 Å². The van der Waals surface area contributed by atoms with Crippen LogP contribution in [0, 0.1) is 6.92 Å². The van der Waals surface area contributed by atoms with E-state index in [9.17, 15) is 0 Å². The molecule has 0 spiro atoms. The molecule has 4 heteroatoms. The van der Waals surface area contributed by atoms with Crippen LogP contribution in [0.4, 0.5) is 5.69 Å². The molecule has 0 aliphatic rings. The summed E-state index contributed by atoms with van der Waals surface area (Å²) in [6.07, 6.45) is 1.98. The van der Waals surface area contributed by atoms with Crippen molar-refractivity contribution in [3.8, 4) is 5.75 Å². The quantitative estimate of drug-likeness (QED) is 0.642. The lowest BCUT2D eigenvalue weighted by atomic mass is 10.1. The van der Waals surface area contributed by atoms with Crippen LogP contribution < -0.4 is 16.0 Å². The Morgan fingerprint density at radius 3 is 2.78 bits per heavy atom. The number of nitrogens with two attached hydrogens (primary N) is 1. The Balaban J connectivity index is 2.77. The van der Waals surface area contributed by atoms with Gasteiger partial charge in [0.1, 0.15) is 11.3 Å². The zero-order valence-electron chi connectivity index (χ0n) is 11.1. The molecular formula is C14H19N3O. The predicted octanol–water partition coefficient (Wildman–Crippen LogP) is 2.79. The lowest BCUT2D eigenvalue weighted by Crippen LogP contribution is -2.09. The van der Waals surface area contributed by atoms with Gasteiger partial charge in [0.25, 0.3) is 0 Å². The maximum atomic E-state index is 5.62. The molecule has 0 bridgehead atoms. The number of nitrogens with zero attached hydrogens (tertiary/aromatic N) is 1. The fourth-order valence-corrected chi connectivity index (χ4v) is 2.20. The fourth-order valence-electron chi connectivity index (χ4n) is 2.20. The Labute approximate surface area is 107 Å². The molecule has 0 atom stereocenters. The van der Waals surface area contributed by atoms with Gasteiger partial charge in [0.15, 0.2) is 0 Å². The summed E-state index contributed by atoms with van der Waals surface area (Å²) in [4.78, 5) is 4.68. The molecule has 18 heavy (non-hydrogen) atoms. The van der Waals surface area contributed by atoms with Crippen LogP contribution >= 0.6 is 0 Å². The van der Waals surface area contributed by atoms with Gasteiger partial charge in [0, 0.05) is 11.1 Å². The highest BCUT2D eigenvalue weighted by Crippen LogP contribution is 2.32. The molecule has 0 saturated heterocycles. The summed E-state index contributed by atoms with van der Waals surface area (Å²) < 4.78 is 5.38. The summed E-state index contributed by atoms with van der Waals surface area (Å²) in [5.74, 6) is 6.41. The van der Waals surface area contributed by atoms with Crippen molar-refractivity contribution >= 4 is 16.6 Å². The maximum Gasteiger partial charge on any atom is 0.145 e. The van der Waals surface area contributed by atoms with Crippen molar-refractivity contribution in [1.29, 1.82) is 0 Å². The third-order valence-electron chi connectivity index (χ3n) is 3.07. The van der Waals surface area contributed by atoms with Crippen molar-refractivity contribution in [2.45, 2.75) is 26.7 Å². The smallest absolute Gasteiger partial charge is 0.145 e. The molecule has 1 aromatic carbocycles. The summed E-state index contributed by atoms with van der Waals surface area (Å²) in [6.45, 7) is 4.18. The Morgan fingerprint density at radius 1 is 1.39 bits per heavy atom. The van der Waals surface area contributed by atoms with Gasteiger partial charge >= 0.3 is 0 Å². The number of aryl methyl sites for hydroxylation is 2. The predicted molar refractivity (Wildman–Crippen MR) is 74.8 cm³/mol. The molecule has 0 aliphatic heterocycles. The number of benzene rings is 1. The van der Waals surface area contributed by atoms with Crippen LogP contribution in [0.1, 0.15) is 24.6 Å². The first-order chi connectivity index (χ1) is 8.71. The normalized spacial score (nSPS) is 10.7. The van der Waals surface area contributed by atoms with E-state index in [1.165, 1.54) is 0 Å². The molecule has 96 valence electrons. The van der Waals surface area contributed by atoms with Gasteiger partial charge in [0.2, 0.25) is 0 Å². The Hall–Kier alpha value is -1.81. The number of anilines is 1. The number of hydrogen-bond donors (Lipinski definition) is 2. The first kappa shape index (κ1) is 12.6. The van der Waals surface area contributed by atoms with Gasteiger partial charge in [-0.3, -0.25) is 5.84 Å². The minimum atomic E-state index is 0.782. The molecule has 0 aliphatic carbocycles. The van der Waals surface area contributed by atoms with E-state index in [-0.39, 0.29) is 0 Å². The molecule has 2 aromatic rings. The lowest BCUT2D eigenvalue weighted by molar-refractivity contribution is 0.418. The number of nitrogens with one attached hydrogen (secondary N) is 1. The minimum Gasteiger partial charge on any atom is -0.494 e. The minimum absolute atomic E-state index is 0.782. The van der Waals surface area contributed by atoms with Gasteiger partial charge in [0.05, 0.1) is 12.8 Å². The van der Waals surface area contributed by atoms with Gasteiger partial charge in [-0.2, -0.15) is 0 Å². The highest BCUT2D eigenvalue weighted by Gasteiger charge is 2.11. The van der Waals surface area contributed by atoms with E-state index in [0.29, 0.717) is 0 Å². The summed E-state index contributed by atoms with van der Waals surface area (Å²) in [5, 5.41) is 1.02. The standard InChI is InChI=1S/C14H19N3O/c1-4-5-10-8-11(17-15)13-9(2)6-7-12(18-3)14(13)16-10/h6-8H,4-5,15H2,1-3H3,(H,16,17). The van der Waals surface area contributed by atoms with Gasteiger partial charge in [-0.25, -0.2) is 4.98 Å². The maximum absolute atomic E-state index is 5.62. The zero-order chi connectivity index (χ0) is 13.1. The van der Waals surface area contributed by atoms with Gasteiger partial charge in [-0.05, 0) is 31.0 Å². The van der Waals surface area contributed by atoms with Crippen LogP contribution in [-0.2, 0) is 6.42 Å². The number of fused-ring (bicyclic) bond motifs is 1. The number of nitrogen functional groups attached to an aromatic ring is 1. The molecule has 2 rings (SSSR count). The Bertz CT molecular complexity index is 566. The third-order valence-corrected chi connectivity index (χ3v) is 3.07. The van der Waals surface area contributed by atoms with Crippen LogP contribution in [0.2, 0.25) is 0 Å². The number of ether oxygens (including phenoxy) is 1. The molecule has 0 unspecified atom stereocenters. The number of aromatic nitrogens is 1. The van der Waals surface area contributed by atoms with Gasteiger partial charge < -0.3 is 10.2 Å². The molecule has 0 radical (unpaired) electrons. The average Bonchev–Trinajstić information content (AvgIpc) is 2.38. The van der Waals surface area contributed by atoms with E-state index in [2.05, 4.69) is 17.3 Å². The summed E-state index contributed by atoms with van der Waals surface area (Å²) in [5.41, 5.74) is 6.70. The molecular weight excluding hydrogens is 226 g/mol. The molecule has 1 heterocycles. The van der Waals surface area contributed by atoms with E-state index in [1.54, 1.807) is 7.11 Å². The first-order valence-electron chi connectivity index (χ1n) is 6.15. The molecule has 0 amide bonds. The second-order valence-corrected chi connectivity index (χ2v) is 4.36. The number of hydrogen-bond acceptors (Lipinski definition) is 4. The van der Waals surface area contributed by atoms with Crippen molar-refractivity contribution in [2.24, 2.45) is 5.84 Å². The van der Waals surface area contributed by atoms with Crippen molar-refractivity contribution in [1.82, 2.24) is 4.98 Å². The number of pyridine rings is 1. The Kier molecular flexibility index (Phi) is 3.67. The van der Waals surface area contributed by atoms with Crippen molar-refractivity contribution in [3.05, 3.63) is 29.5 Å². The van der Waals surface area contributed by atoms with E-state index in [4.69, 9.17) is 10.6 Å². The van der Waals surface area contributed by atoms with E-state index < -0.39 is 0 Å². The van der Waals surface area contributed by atoms with Gasteiger partial charge in [-0.1, -0.05) is 19.4 Å². The molecule has 3 N–H and O–H groups in total. The average molecular weight is 245 g/mol. The SMILES string of the molecule is CCCc1cc(NN)c2c(C)ccc(OC)c2n1. The van der Waals surface area contributed by atoms with E-state index in [1.807, 2.05) is 25.1 Å². The van der Waals surface area contributed by atoms with E-state index >= 15 is 0 Å². The number of rotatable bonds is 4. The van der Waals surface area contributed by atoms with Crippen LogP contribution in [0.3, 0.4) is 0 Å². The summed E-state index contributed by atoms with van der Waals surface area (Å²) in [6, 6.07) is 5.97. The summed E-state index contributed by atoms with van der Waals surface area (Å²) in [7, 11) is 1.66. The first-order valence-corrected chi connectivity index (χ1v) is 6.15.